The van der Waals surface area contributed by atoms with E-state index in [0.717, 1.165) is 43.6 Å². The molecule has 0 radical (unpaired) electrons. The lowest BCUT2D eigenvalue weighted by Gasteiger charge is -2.27. The monoisotopic (exact) mass is 234 g/mol. The molecule has 1 heterocycles. The summed E-state index contributed by atoms with van der Waals surface area (Å²) in [6.07, 6.45) is 8.73. The second kappa shape index (κ2) is 5.05. The molecule has 0 fully saturated rings. The van der Waals surface area contributed by atoms with Crippen molar-refractivity contribution < 1.29 is 5.11 Å². The highest BCUT2D eigenvalue weighted by atomic mass is 16.3. The van der Waals surface area contributed by atoms with Crippen molar-refractivity contribution in [3.63, 3.8) is 0 Å². The Labute approximate surface area is 103 Å². The zero-order valence-corrected chi connectivity index (χ0v) is 10.8. The van der Waals surface area contributed by atoms with Crippen LogP contribution in [0.3, 0.4) is 0 Å². The number of aryl methyl sites for hydroxylation is 2. The van der Waals surface area contributed by atoms with Crippen LogP contribution in [0, 0.1) is 0 Å². The Bertz CT molecular complexity index is 408. The van der Waals surface area contributed by atoms with Crippen molar-refractivity contribution in [1.29, 1.82) is 0 Å². The van der Waals surface area contributed by atoms with Crippen molar-refractivity contribution >= 4 is 0 Å². The maximum absolute atomic E-state index is 10.5. The zero-order valence-electron chi connectivity index (χ0n) is 10.8. The lowest BCUT2D eigenvalue weighted by Crippen LogP contribution is -2.31. The maximum atomic E-state index is 10.5. The molecule has 3 heteroatoms. The Hall–Kier alpha value is -1.09. The van der Waals surface area contributed by atoms with Gasteiger partial charge in [-0.1, -0.05) is 19.1 Å². The van der Waals surface area contributed by atoms with Gasteiger partial charge >= 0.3 is 0 Å². The van der Waals surface area contributed by atoms with Crippen LogP contribution >= 0.6 is 0 Å². The second-order valence-electron chi connectivity index (χ2n) is 4.87. The number of nitrogens with zero attached hydrogens (tertiary/aromatic N) is 2. The molecule has 0 aromatic carbocycles. The first-order valence-corrected chi connectivity index (χ1v) is 6.62. The van der Waals surface area contributed by atoms with E-state index in [1.54, 1.807) is 0 Å². The van der Waals surface area contributed by atoms with E-state index in [9.17, 15) is 5.11 Å². The molecule has 1 N–H and O–H groups in total. The van der Waals surface area contributed by atoms with E-state index in [4.69, 9.17) is 0 Å². The molecule has 0 amide bonds. The van der Waals surface area contributed by atoms with Gasteiger partial charge in [-0.05, 0) is 38.7 Å². The molecule has 3 nitrogen and oxygen atoms in total. The molecular formula is C14H22N2O. The van der Waals surface area contributed by atoms with Crippen molar-refractivity contribution in [2.75, 3.05) is 0 Å². The molecule has 17 heavy (non-hydrogen) atoms. The zero-order chi connectivity index (χ0) is 12.3. The third kappa shape index (κ3) is 2.78. The summed E-state index contributed by atoms with van der Waals surface area (Å²) in [6.45, 7) is 5.08. The van der Waals surface area contributed by atoms with Crippen LogP contribution in [0.1, 0.15) is 44.5 Å². The maximum Gasteiger partial charge on any atom is 0.0882 e. The normalized spacial score (nSPS) is 24.2. The topological polar surface area (TPSA) is 38.0 Å². The highest BCUT2D eigenvalue weighted by molar-refractivity contribution is 5.17. The molecule has 0 saturated heterocycles. The van der Waals surface area contributed by atoms with Gasteiger partial charge in [0, 0.05) is 18.7 Å². The minimum absolute atomic E-state index is 0.657. The van der Waals surface area contributed by atoms with Gasteiger partial charge in [0.2, 0.25) is 0 Å². The Morgan fingerprint density at radius 1 is 1.47 bits per heavy atom. The third-order valence-corrected chi connectivity index (χ3v) is 3.47. The molecule has 0 saturated carbocycles. The van der Waals surface area contributed by atoms with E-state index in [0.29, 0.717) is 6.42 Å². The molecule has 1 aliphatic rings. The minimum Gasteiger partial charge on any atom is -0.385 e. The van der Waals surface area contributed by atoms with Crippen LogP contribution in [-0.4, -0.2) is 20.5 Å². The first-order valence-electron chi connectivity index (χ1n) is 6.62. The molecule has 2 rings (SSSR count). The largest absolute Gasteiger partial charge is 0.385 e. The SMILES string of the molecule is CCc1cc(CC2(O)C=CCCC2)n(CC)n1. The van der Waals surface area contributed by atoms with Crippen molar-refractivity contribution in [2.45, 2.75) is 58.1 Å². The van der Waals surface area contributed by atoms with Gasteiger partial charge in [0.1, 0.15) is 0 Å². The first kappa shape index (κ1) is 12.4. The summed E-state index contributed by atoms with van der Waals surface area (Å²) in [5.74, 6) is 0. The first-order chi connectivity index (χ1) is 8.17. The van der Waals surface area contributed by atoms with Gasteiger partial charge in [-0.2, -0.15) is 5.10 Å². The Balaban J connectivity index is 2.19. The van der Waals surface area contributed by atoms with Gasteiger partial charge < -0.3 is 5.11 Å². The highest BCUT2D eigenvalue weighted by Crippen LogP contribution is 2.26. The Morgan fingerprint density at radius 2 is 2.29 bits per heavy atom. The fourth-order valence-electron chi connectivity index (χ4n) is 2.48. The van der Waals surface area contributed by atoms with Gasteiger partial charge in [0.05, 0.1) is 11.3 Å². The molecule has 1 aromatic heterocycles. The van der Waals surface area contributed by atoms with Crippen LogP contribution < -0.4 is 0 Å². The van der Waals surface area contributed by atoms with Crippen molar-refractivity contribution in [3.8, 4) is 0 Å². The fraction of sp³-hybridized carbons (Fsp3) is 0.643. The summed E-state index contributed by atoms with van der Waals surface area (Å²) < 4.78 is 2.01. The van der Waals surface area contributed by atoms with E-state index in [2.05, 4.69) is 31.1 Å². The fourth-order valence-corrected chi connectivity index (χ4v) is 2.48. The van der Waals surface area contributed by atoms with E-state index in [1.165, 1.54) is 0 Å². The van der Waals surface area contributed by atoms with E-state index >= 15 is 0 Å². The average molecular weight is 234 g/mol. The van der Waals surface area contributed by atoms with Crippen molar-refractivity contribution in [1.82, 2.24) is 9.78 Å². The lowest BCUT2D eigenvalue weighted by atomic mass is 9.87. The third-order valence-electron chi connectivity index (χ3n) is 3.47. The number of rotatable bonds is 4. The number of hydrogen-bond acceptors (Lipinski definition) is 2. The number of aromatic nitrogens is 2. The van der Waals surface area contributed by atoms with Gasteiger partial charge in [0.15, 0.2) is 0 Å². The summed E-state index contributed by atoms with van der Waals surface area (Å²) >= 11 is 0. The number of hydrogen-bond donors (Lipinski definition) is 1. The molecular weight excluding hydrogens is 212 g/mol. The smallest absolute Gasteiger partial charge is 0.0882 e. The van der Waals surface area contributed by atoms with Gasteiger partial charge in [-0.25, -0.2) is 0 Å². The molecule has 0 spiro atoms. The second-order valence-corrected chi connectivity index (χ2v) is 4.87. The predicted octanol–water partition coefficient (Wildman–Crippen LogP) is 2.48. The van der Waals surface area contributed by atoms with Gasteiger partial charge in [-0.15, -0.1) is 0 Å². The molecule has 94 valence electrons. The van der Waals surface area contributed by atoms with E-state index in [-0.39, 0.29) is 0 Å². The summed E-state index contributed by atoms with van der Waals surface area (Å²) in [7, 11) is 0. The molecule has 0 bridgehead atoms. The Morgan fingerprint density at radius 3 is 2.88 bits per heavy atom. The van der Waals surface area contributed by atoms with Crippen LogP contribution in [0.25, 0.3) is 0 Å². The summed E-state index contributed by atoms with van der Waals surface area (Å²) in [5.41, 5.74) is 1.61. The minimum atomic E-state index is -0.657. The summed E-state index contributed by atoms with van der Waals surface area (Å²) in [4.78, 5) is 0. The predicted molar refractivity (Wildman–Crippen MR) is 68.9 cm³/mol. The Kier molecular flexibility index (Phi) is 3.67. The van der Waals surface area contributed by atoms with Gasteiger partial charge in [0.25, 0.3) is 0 Å². The lowest BCUT2D eigenvalue weighted by molar-refractivity contribution is 0.0729. The molecule has 1 aromatic rings. The van der Waals surface area contributed by atoms with Crippen LogP contribution in [0.4, 0.5) is 0 Å². The number of aliphatic hydroxyl groups is 1. The van der Waals surface area contributed by atoms with Crippen LogP contribution in [0.5, 0.6) is 0 Å². The van der Waals surface area contributed by atoms with Crippen LogP contribution in [-0.2, 0) is 19.4 Å². The molecule has 1 unspecified atom stereocenters. The molecule has 0 aliphatic heterocycles. The van der Waals surface area contributed by atoms with Crippen molar-refractivity contribution in [2.24, 2.45) is 0 Å². The van der Waals surface area contributed by atoms with E-state index < -0.39 is 5.60 Å². The van der Waals surface area contributed by atoms with E-state index in [1.807, 2.05) is 10.8 Å². The quantitative estimate of drug-likeness (QED) is 0.813. The summed E-state index contributed by atoms with van der Waals surface area (Å²) in [5, 5.41) is 15.0. The standard InChI is InChI=1S/C14H22N2O/c1-3-12-10-13(16(4-2)15-12)11-14(17)8-6-5-7-9-14/h6,8,10,17H,3-5,7,9,11H2,1-2H3. The van der Waals surface area contributed by atoms with Crippen molar-refractivity contribution in [3.05, 3.63) is 29.6 Å². The molecule has 1 aliphatic carbocycles. The van der Waals surface area contributed by atoms with Gasteiger partial charge in [-0.3, -0.25) is 4.68 Å². The molecule has 1 atom stereocenters. The van der Waals surface area contributed by atoms with Crippen LogP contribution in [0.2, 0.25) is 0 Å². The average Bonchev–Trinajstić information content (AvgIpc) is 2.71. The highest BCUT2D eigenvalue weighted by Gasteiger charge is 2.27. The van der Waals surface area contributed by atoms with Crippen LogP contribution in [0.15, 0.2) is 18.2 Å². The summed E-state index contributed by atoms with van der Waals surface area (Å²) in [6, 6.07) is 2.13. The number of allylic oxidation sites excluding steroid dienone is 1.